The van der Waals surface area contributed by atoms with Gasteiger partial charge in [0.05, 0.1) is 0 Å². The molecule has 0 radical (unpaired) electrons. The van der Waals surface area contributed by atoms with Gasteiger partial charge in [-0.3, -0.25) is 14.9 Å². The van der Waals surface area contributed by atoms with Gasteiger partial charge in [0.15, 0.2) is 0 Å². The van der Waals surface area contributed by atoms with Crippen LogP contribution in [0.4, 0.5) is 16.2 Å². The monoisotopic (exact) mass is 362 g/mol. The van der Waals surface area contributed by atoms with Crippen LogP contribution in [-0.2, 0) is 9.59 Å². The molecule has 0 fully saturated rings. The number of benzene rings is 1. The second-order valence-corrected chi connectivity index (χ2v) is 8.34. The molecule has 7 heteroatoms. The molecular weight excluding hydrogens is 332 g/mol. The van der Waals surface area contributed by atoms with Crippen LogP contribution in [0.15, 0.2) is 24.3 Å². The summed E-state index contributed by atoms with van der Waals surface area (Å²) in [6, 6.07) is 5.90. The number of rotatable bonds is 4. The molecule has 144 valence electrons. The summed E-state index contributed by atoms with van der Waals surface area (Å²) < 4.78 is 0. The number of hydrogen-bond donors (Lipinski definition) is 4. The van der Waals surface area contributed by atoms with Gasteiger partial charge in [0.2, 0.25) is 11.8 Å². The quantitative estimate of drug-likeness (QED) is 0.661. The van der Waals surface area contributed by atoms with Crippen molar-refractivity contribution in [2.75, 3.05) is 10.6 Å². The molecule has 1 aromatic rings. The Morgan fingerprint density at radius 2 is 1.38 bits per heavy atom. The topological polar surface area (TPSA) is 99.3 Å². The summed E-state index contributed by atoms with van der Waals surface area (Å²) in [7, 11) is 0. The molecule has 0 aromatic heterocycles. The maximum Gasteiger partial charge on any atom is 0.321 e. The van der Waals surface area contributed by atoms with Crippen LogP contribution < -0.4 is 21.3 Å². The van der Waals surface area contributed by atoms with Crippen molar-refractivity contribution >= 4 is 29.2 Å². The van der Waals surface area contributed by atoms with E-state index in [2.05, 4.69) is 21.3 Å². The molecule has 0 spiro atoms. The molecule has 1 aromatic carbocycles. The highest BCUT2D eigenvalue weighted by atomic mass is 16.2. The van der Waals surface area contributed by atoms with Crippen LogP contribution in [0.25, 0.3) is 0 Å². The maximum atomic E-state index is 12.1. The number of nitrogens with one attached hydrogen (secondary N) is 4. The van der Waals surface area contributed by atoms with E-state index in [9.17, 15) is 14.4 Å². The minimum atomic E-state index is -0.601. The molecule has 0 aliphatic heterocycles. The van der Waals surface area contributed by atoms with Crippen molar-refractivity contribution in [1.82, 2.24) is 10.6 Å². The SMILES string of the molecule is C[C@H](Nc1ccc(NC(=O)C(C)(C)C)cc1)C(=O)NC(=O)NC(C)(C)C. The molecule has 0 saturated carbocycles. The molecule has 0 aliphatic rings. The zero-order valence-electron chi connectivity index (χ0n) is 16.6. The zero-order valence-corrected chi connectivity index (χ0v) is 16.6. The number of carbonyl (C=O) groups is 3. The van der Waals surface area contributed by atoms with Gasteiger partial charge >= 0.3 is 6.03 Å². The first kappa shape index (κ1) is 21.5. The Hall–Kier alpha value is -2.57. The summed E-state index contributed by atoms with van der Waals surface area (Å²) in [6.45, 7) is 12.7. The third-order valence-corrected chi connectivity index (χ3v) is 3.33. The van der Waals surface area contributed by atoms with Gasteiger partial charge in [0.25, 0.3) is 0 Å². The lowest BCUT2D eigenvalue weighted by Gasteiger charge is -2.21. The summed E-state index contributed by atoms with van der Waals surface area (Å²) in [5, 5.41) is 10.8. The highest BCUT2D eigenvalue weighted by Crippen LogP contribution is 2.19. The molecule has 4 amide bonds. The van der Waals surface area contributed by atoms with Crippen LogP contribution in [0.5, 0.6) is 0 Å². The Balaban J connectivity index is 2.59. The molecular formula is C19H30N4O3. The molecule has 0 unspecified atom stereocenters. The Labute approximate surface area is 155 Å². The van der Waals surface area contributed by atoms with Gasteiger partial charge in [-0.05, 0) is 52.0 Å². The van der Waals surface area contributed by atoms with Gasteiger partial charge in [-0.15, -0.1) is 0 Å². The third kappa shape index (κ3) is 7.55. The third-order valence-electron chi connectivity index (χ3n) is 3.33. The van der Waals surface area contributed by atoms with Crippen LogP contribution in [0, 0.1) is 5.41 Å². The van der Waals surface area contributed by atoms with Crippen molar-refractivity contribution in [2.45, 2.75) is 60.0 Å². The number of imide groups is 1. The number of anilines is 2. The summed E-state index contributed by atoms with van der Waals surface area (Å²) in [5.41, 5.74) is 0.487. The summed E-state index contributed by atoms with van der Waals surface area (Å²) in [6.07, 6.45) is 0. The van der Waals surface area contributed by atoms with Crippen LogP contribution >= 0.6 is 0 Å². The number of amides is 4. The van der Waals surface area contributed by atoms with E-state index in [-0.39, 0.29) is 5.91 Å². The van der Waals surface area contributed by atoms with Crippen molar-refractivity contribution in [2.24, 2.45) is 5.41 Å². The van der Waals surface area contributed by atoms with Crippen molar-refractivity contribution in [3.63, 3.8) is 0 Å². The van der Waals surface area contributed by atoms with E-state index in [4.69, 9.17) is 0 Å². The Morgan fingerprint density at radius 3 is 1.85 bits per heavy atom. The van der Waals surface area contributed by atoms with E-state index in [1.165, 1.54) is 0 Å². The molecule has 1 atom stereocenters. The summed E-state index contributed by atoms with van der Waals surface area (Å²) in [5.74, 6) is -0.507. The van der Waals surface area contributed by atoms with Crippen LogP contribution in [-0.4, -0.2) is 29.4 Å². The Morgan fingerprint density at radius 1 is 0.885 bits per heavy atom. The van der Waals surface area contributed by atoms with Gasteiger partial charge in [-0.25, -0.2) is 4.79 Å². The first-order valence-electron chi connectivity index (χ1n) is 8.59. The highest BCUT2D eigenvalue weighted by molar-refractivity contribution is 5.98. The fourth-order valence-corrected chi connectivity index (χ4v) is 1.88. The predicted molar refractivity (Wildman–Crippen MR) is 104 cm³/mol. The molecule has 4 N–H and O–H groups in total. The van der Waals surface area contributed by atoms with Crippen molar-refractivity contribution < 1.29 is 14.4 Å². The fraction of sp³-hybridized carbons (Fsp3) is 0.526. The first-order chi connectivity index (χ1) is 11.8. The van der Waals surface area contributed by atoms with Gasteiger partial charge in [-0.2, -0.15) is 0 Å². The predicted octanol–water partition coefficient (Wildman–Crippen LogP) is 3.10. The van der Waals surface area contributed by atoms with Gasteiger partial charge in [0, 0.05) is 22.3 Å². The smallest absolute Gasteiger partial charge is 0.321 e. The molecule has 1 rings (SSSR count). The van der Waals surface area contributed by atoms with Crippen molar-refractivity contribution in [3.05, 3.63) is 24.3 Å². The van der Waals surface area contributed by atoms with E-state index in [1.807, 2.05) is 41.5 Å². The van der Waals surface area contributed by atoms with Gasteiger partial charge in [-0.1, -0.05) is 20.8 Å². The molecule has 0 heterocycles. The van der Waals surface area contributed by atoms with Crippen LogP contribution in [0.2, 0.25) is 0 Å². The van der Waals surface area contributed by atoms with Gasteiger partial charge < -0.3 is 16.0 Å². The fourth-order valence-electron chi connectivity index (χ4n) is 1.88. The molecule has 0 saturated heterocycles. The van der Waals surface area contributed by atoms with Crippen LogP contribution in [0.3, 0.4) is 0 Å². The largest absolute Gasteiger partial charge is 0.374 e. The highest BCUT2D eigenvalue weighted by Gasteiger charge is 2.21. The van der Waals surface area contributed by atoms with E-state index in [0.29, 0.717) is 11.4 Å². The standard InChI is InChI=1S/C19H30N4O3/c1-12(15(24)22-17(26)23-19(5,6)7)20-13-8-10-14(11-9-13)21-16(25)18(2,3)4/h8-12,20H,1-7H3,(H,21,25)(H2,22,23,24,26)/t12-/m0/s1. The average Bonchev–Trinajstić information content (AvgIpc) is 2.46. The summed E-state index contributed by atoms with van der Waals surface area (Å²) in [4.78, 5) is 35.8. The van der Waals surface area contributed by atoms with Gasteiger partial charge in [0.1, 0.15) is 6.04 Å². The van der Waals surface area contributed by atoms with E-state index in [0.717, 1.165) is 0 Å². The van der Waals surface area contributed by atoms with E-state index in [1.54, 1.807) is 31.2 Å². The number of carbonyl (C=O) groups excluding carboxylic acids is 3. The lowest BCUT2D eigenvalue weighted by Crippen LogP contribution is -2.51. The molecule has 7 nitrogen and oxygen atoms in total. The van der Waals surface area contributed by atoms with Crippen molar-refractivity contribution in [3.8, 4) is 0 Å². The normalized spacial score (nSPS) is 12.7. The maximum absolute atomic E-state index is 12.1. The first-order valence-corrected chi connectivity index (χ1v) is 8.59. The summed E-state index contributed by atoms with van der Waals surface area (Å²) >= 11 is 0. The number of urea groups is 1. The minimum Gasteiger partial charge on any atom is -0.374 e. The van der Waals surface area contributed by atoms with Crippen molar-refractivity contribution in [1.29, 1.82) is 0 Å². The molecule has 0 bridgehead atoms. The van der Waals surface area contributed by atoms with E-state index < -0.39 is 28.9 Å². The molecule has 26 heavy (non-hydrogen) atoms. The number of hydrogen-bond acceptors (Lipinski definition) is 4. The molecule has 0 aliphatic carbocycles. The van der Waals surface area contributed by atoms with E-state index >= 15 is 0 Å². The Bertz CT molecular complexity index is 655. The minimum absolute atomic E-state index is 0.0733. The van der Waals surface area contributed by atoms with Crippen LogP contribution in [0.1, 0.15) is 48.5 Å². The second kappa shape index (κ2) is 8.21. The zero-order chi connectivity index (χ0) is 20.1. The lowest BCUT2D eigenvalue weighted by molar-refractivity contribution is -0.123. The average molecular weight is 362 g/mol. The second-order valence-electron chi connectivity index (χ2n) is 8.34. The lowest BCUT2D eigenvalue weighted by atomic mass is 9.95. The Kier molecular flexibility index (Phi) is 6.78.